The molecule has 6 N–H and O–H groups in total. The maximum atomic E-state index is 11.2. The number of nitrogens with two attached hydrogens (primary N) is 2. The van der Waals surface area contributed by atoms with E-state index in [0.717, 1.165) is 0 Å². The van der Waals surface area contributed by atoms with Gasteiger partial charge < -0.3 is 16.8 Å². The number of rotatable bonds is 2. The summed E-state index contributed by atoms with van der Waals surface area (Å²) in [6.07, 6.45) is -0.730. The van der Waals surface area contributed by atoms with E-state index in [1.165, 1.54) is 0 Å². The fourth-order valence-electron chi connectivity index (χ4n) is 0.863. The number of nitrogens with zero attached hydrogens (tertiary/aromatic N) is 2. The van der Waals surface area contributed by atoms with Gasteiger partial charge in [-0.1, -0.05) is 10.3 Å². The number of nitrogen functional groups attached to an aromatic ring is 1. The summed E-state index contributed by atoms with van der Waals surface area (Å²) in [5.41, 5.74) is 10.5. The molecule has 0 aliphatic rings. The number of H-pyrrole nitrogens is 1. The molecule has 0 bridgehead atoms. The first-order valence-corrected chi connectivity index (χ1v) is 4.75. The zero-order valence-corrected chi connectivity index (χ0v) is 9.77. The van der Waals surface area contributed by atoms with Crippen LogP contribution in [0.1, 0.15) is 26.5 Å². The van der Waals surface area contributed by atoms with Gasteiger partial charge in [0.2, 0.25) is 5.84 Å². The maximum absolute atomic E-state index is 11.2. The van der Waals surface area contributed by atoms with Gasteiger partial charge in [-0.05, 0) is 20.8 Å². The lowest BCUT2D eigenvalue weighted by Crippen LogP contribution is -2.40. The van der Waals surface area contributed by atoms with E-state index in [4.69, 9.17) is 11.5 Å². The molecule has 1 aromatic heterocycles. The molecule has 0 aliphatic carbocycles. The second-order valence-electron chi connectivity index (χ2n) is 4.28. The van der Waals surface area contributed by atoms with Crippen LogP contribution in [0.2, 0.25) is 0 Å². The largest absolute Gasteiger partial charge is 0.433 e. The van der Waals surface area contributed by atoms with Crippen molar-refractivity contribution in [3.05, 3.63) is 5.69 Å². The first kappa shape index (κ1) is 12.7. The third-order valence-electron chi connectivity index (χ3n) is 1.49. The standard InChI is InChI=1S/C8H14N6O3/c1-8(2,3)11-7(15)16-13-5(9)4-6(10)14-17-12-4/h1-3H3,(H2,9,13)(H2,10,14)(H,11,15)/p+1. The lowest BCUT2D eigenvalue weighted by atomic mass is 10.1. The highest BCUT2D eigenvalue weighted by Gasteiger charge is 2.19. The lowest BCUT2D eigenvalue weighted by molar-refractivity contribution is -0.610. The van der Waals surface area contributed by atoms with E-state index < -0.39 is 11.6 Å². The third-order valence-corrected chi connectivity index (χ3v) is 1.49. The summed E-state index contributed by atoms with van der Waals surface area (Å²) in [6.45, 7) is 5.39. The van der Waals surface area contributed by atoms with E-state index in [1.54, 1.807) is 20.8 Å². The molecule has 0 fully saturated rings. The number of anilines is 1. The number of aromatic nitrogens is 2. The van der Waals surface area contributed by atoms with Crippen LogP contribution in [0.5, 0.6) is 0 Å². The Bertz CT molecular complexity index is 433. The highest BCUT2D eigenvalue weighted by Crippen LogP contribution is 2.01. The van der Waals surface area contributed by atoms with Crippen LogP contribution in [-0.2, 0) is 4.84 Å². The molecule has 94 valence electrons. The molecule has 1 heterocycles. The minimum atomic E-state index is -0.730. The monoisotopic (exact) mass is 243 g/mol. The molecule has 1 aromatic rings. The molecule has 17 heavy (non-hydrogen) atoms. The number of aromatic amines is 1. The van der Waals surface area contributed by atoms with Crippen LogP contribution in [0.4, 0.5) is 10.6 Å². The summed E-state index contributed by atoms with van der Waals surface area (Å²) >= 11 is 0. The van der Waals surface area contributed by atoms with Gasteiger partial charge in [0.15, 0.2) is 0 Å². The van der Waals surface area contributed by atoms with Crippen molar-refractivity contribution in [3.8, 4) is 0 Å². The van der Waals surface area contributed by atoms with Crippen molar-refractivity contribution in [1.29, 1.82) is 0 Å². The number of amides is 1. The van der Waals surface area contributed by atoms with E-state index in [0.29, 0.717) is 0 Å². The molecule has 0 unspecified atom stereocenters. The topological polar surface area (TPSA) is 143 Å². The van der Waals surface area contributed by atoms with Crippen LogP contribution in [0.15, 0.2) is 9.78 Å². The summed E-state index contributed by atoms with van der Waals surface area (Å²) in [6, 6.07) is 0. The second kappa shape index (κ2) is 4.68. The van der Waals surface area contributed by atoms with E-state index in [-0.39, 0.29) is 17.3 Å². The molecule has 9 nitrogen and oxygen atoms in total. The molecule has 0 saturated heterocycles. The molecular weight excluding hydrogens is 228 g/mol. The van der Waals surface area contributed by atoms with Crippen LogP contribution in [0.3, 0.4) is 0 Å². The summed E-state index contributed by atoms with van der Waals surface area (Å²) in [5, 5.41) is 11.6. The molecule has 0 radical (unpaired) electrons. The molecular formula is C8H15N6O3+. The zero-order chi connectivity index (χ0) is 13.1. The predicted molar refractivity (Wildman–Crippen MR) is 57.6 cm³/mol. The summed E-state index contributed by atoms with van der Waals surface area (Å²) < 4.78 is 4.44. The number of amidine groups is 1. The Balaban J connectivity index is 2.60. The maximum Gasteiger partial charge on any atom is 0.433 e. The number of nitrogens with one attached hydrogen (secondary N) is 2. The van der Waals surface area contributed by atoms with E-state index in [2.05, 4.69) is 30.3 Å². The highest BCUT2D eigenvalue weighted by molar-refractivity contribution is 5.98. The van der Waals surface area contributed by atoms with Gasteiger partial charge in [0.1, 0.15) is 0 Å². The molecule has 0 saturated carbocycles. The Kier molecular flexibility index (Phi) is 3.51. The van der Waals surface area contributed by atoms with Crippen molar-refractivity contribution in [2.24, 2.45) is 10.9 Å². The van der Waals surface area contributed by atoms with Gasteiger partial charge in [-0.15, -0.1) is 4.63 Å². The number of oxime groups is 1. The van der Waals surface area contributed by atoms with Gasteiger partial charge in [-0.3, -0.25) is 4.84 Å². The van der Waals surface area contributed by atoms with Crippen molar-refractivity contribution < 1.29 is 19.4 Å². The van der Waals surface area contributed by atoms with Crippen molar-refractivity contribution in [1.82, 2.24) is 10.5 Å². The average molecular weight is 243 g/mol. The van der Waals surface area contributed by atoms with Crippen molar-refractivity contribution in [2.75, 3.05) is 5.73 Å². The quantitative estimate of drug-likeness (QED) is 0.269. The molecule has 1 rings (SSSR count). The average Bonchev–Trinajstić information content (AvgIpc) is 2.58. The van der Waals surface area contributed by atoms with Crippen LogP contribution in [0, 0.1) is 0 Å². The van der Waals surface area contributed by atoms with Crippen molar-refractivity contribution >= 4 is 17.7 Å². The molecule has 0 spiro atoms. The minimum absolute atomic E-state index is 0.0774. The third kappa shape index (κ3) is 3.97. The van der Waals surface area contributed by atoms with Gasteiger partial charge in [0.05, 0.1) is 5.16 Å². The van der Waals surface area contributed by atoms with Crippen LogP contribution in [0.25, 0.3) is 0 Å². The molecule has 1 amide bonds. The number of carbonyl (C=O) groups is 1. The van der Waals surface area contributed by atoms with Crippen LogP contribution in [-0.4, -0.2) is 22.6 Å². The molecule has 0 aliphatic heterocycles. The molecule has 9 heteroatoms. The fraction of sp³-hybridized carbons (Fsp3) is 0.500. The highest BCUT2D eigenvalue weighted by atomic mass is 16.7. The second-order valence-corrected chi connectivity index (χ2v) is 4.28. The zero-order valence-electron chi connectivity index (χ0n) is 9.77. The van der Waals surface area contributed by atoms with Gasteiger partial charge >= 0.3 is 17.6 Å². The Morgan fingerprint density at radius 1 is 1.59 bits per heavy atom. The van der Waals surface area contributed by atoms with Crippen LogP contribution < -0.4 is 21.9 Å². The Hall–Kier alpha value is -2.32. The van der Waals surface area contributed by atoms with Gasteiger partial charge in [-0.2, -0.15) is 0 Å². The minimum Gasteiger partial charge on any atom is -0.378 e. The van der Waals surface area contributed by atoms with Gasteiger partial charge in [0.25, 0.3) is 0 Å². The van der Waals surface area contributed by atoms with Crippen LogP contribution >= 0.6 is 0 Å². The Labute approximate surface area is 97.1 Å². The SMILES string of the molecule is CC(C)(C)NC(=O)ON=C(N)c1no[nH+]c1N. The molecule has 0 aromatic carbocycles. The van der Waals surface area contributed by atoms with E-state index in [1.807, 2.05) is 0 Å². The van der Waals surface area contributed by atoms with Gasteiger partial charge in [0, 0.05) is 5.54 Å². The predicted octanol–water partition coefficient (Wildman–Crippen LogP) is -0.784. The van der Waals surface area contributed by atoms with E-state index in [9.17, 15) is 4.79 Å². The summed E-state index contributed by atoms with van der Waals surface area (Å²) in [5.74, 6) is -0.0809. The molecule has 0 atom stereocenters. The van der Waals surface area contributed by atoms with Crippen molar-refractivity contribution in [3.63, 3.8) is 0 Å². The normalized spacial score (nSPS) is 12.3. The fourth-order valence-corrected chi connectivity index (χ4v) is 0.863. The van der Waals surface area contributed by atoms with Crippen molar-refractivity contribution in [2.45, 2.75) is 26.3 Å². The first-order valence-electron chi connectivity index (χ1n) is 4.75. The number of hydrogen-bond acceptors (Lipinski definition) is 6. The van der Waals surface area contributed by atoms with Gasteiger partial charge in [-0.25, -0.2) is 4.79 Å². The number of hydrogen-bond donors (Lipinski definition) is 3. The summed E-state index contributed by atoms with van der Waals surface area (Å²) in [4.78, 5) is 15.8. The van der Waals surface area contributed by atoms with E-state index >= 15 is 0 Å². The lowest BCUT2D eigenvalue weighted by Gasteiger charge is -2.18. The Morgan fingerprint density at radius 3 is 2.71 bits per heavy atom. The first-order chi connectivity index (χ1) is 7.79. The Morgan fingerprint density at radius 2 is 2.24 bits per heavy atom. The number of carbonyl (C=O) groups excluding carboxylic acids is 1. The summed E-state index contributed by atoms with van der Waals surface area (Å²) in [7, 11) is 0. The smallest absolute Gasteiger partial charge is 0.378 e.